The summed E-state index contributed by atoms with van der Waals surface area (Å²) in [6.07, 6.45) is 0. The average Bonchev–Trinajstić information content (AvgIpc) is 2.14. The van der Waals surface area contributed by atoms with E-state index in [-0.39, 0.29) is 18.0 Å². The molecule has 76 valence electrons. The third-order valence-corrected chi connectivity index (χ3v) is 1.59. The predicted octanol–water partition coefficient (Wildman–Crippen LogP) is -0.512. The van der Waals surface area contributed by atoms with E-state index in [2.05, 4.69) is 4.74 Å². The van der Waals surface area contributed by atoms with Crippen molar-refractivity contribution in [3.63, 3.8) is 0 Å². The van der Waals surface area contributed by atoms with E-state index in [1.807, 2.05) is 0 Å². The van der Waals surface area contributed by atoms with Crippen molar-refractivity contribution < 1.29 is 23.9 Å². The standard InChI is InChI=1S/C8H10BFO4/c1-13-5-14-6-2-3-7(9(11)12)8(10)4-6/h2-4,11-12H,5H2,1H3. The summed E-state index contributed by atoms with van der Waals surface area (Å²) in [7, 11) is -0.367. The minimum atomic E-state index is -1.81. The zero-order valence-corrected chi connectivity index (χ0v) is 7.61. The first-order valence-corrected chi connectivity index (χ1v) is 3.92. The van der Waals surface area contributed by atoms with Crippen molar-refractivity contribution in [3.8, 4) is 5.75 Å². The molecule has 6 heteroatoms. The van der Waals surface area contributed by atoms with Gasteiger partial charge in [0.25, 0.3) is 0 Å². The molecule has 1 rings (SSSR count). The molecule has 0 radical (unpaired) electrons. The lowest BCUT2D eigenvalue weighted by molar-refractivity contribution is 0.0509. The smallest absolute Gasteiger partial charge is 0.467 e. The summed E-state index contributed by atoms with van der Waals surface area (Å²) in [5.74, 6) is -0.456. The third kappa shape index (κ3) is 2.70. The van der Waals surface area contributed by atoms with Crippen LogP contribution in [0.3, 0.4) is 0 Å². The minimum absolute atomic E-state index is 0.0144. The number of halogens is 1. The molecule has 0 heterocycles. The van der Waals surface area contributed by atoms with Gasteiger partial charge in [-0.05, 0) is 6.07 Å². The molecule has 0 spiro atoms. The van der Waals surface area contributed by atoms with Gasteiger partial charge in [-0.2, -0.15) is 0 Å². The van der Waals surface area contributed by atoms with Crippen LogP contribution in [0.15, 0.2) is 18.2 Å². The Morgan fingerprint density at radius 1 is 1.43 bits per heavy atom. The van der Waals surface area contributed by atoms with Crippen LogP contribution < -0.4 is 10.2 Å². The molecule has 0 aliphatic rings. The maximum Gasteiger partial charge on any atom is 0.491 e. The van der Waals surface area contributed by atoms with Crippen LogP contribution in [0.2, 0.25) is 0 Å². The lowest BCUT2D eigenvalue weighted by atomic mass is 9.80. The topological polar surface area (TPSA) is 58.9 Å². The van der Waals surface area contributed by atoms with Crippen molar-refractivity contribution in [1.82, 2.24) is 0 Å². The van der Waals surface area contributed by atoms with Crippen LogP contribution >= 0.6 is 0 Å². The van der Waals surface area contributed by atoms with Crippen molar-refractivity contribution in [3.05, 3.63) is 24.0 Å². The second kappa shape index (κ2) is 4.95. The quantitative estimate of drug-likeness (QED) is 0.507. The van der Waals surface area contributed by atoms with Crippen LogP contribution in [0.5, 0.6) is 5.75 Å². The molecule has 0 atom stereocenters. The van der Waals surface area contributed by atoms with E-state index in [9.17, 15) is 4.39 Å². The Kier molecular flexibility index (Phi) is 3.88. The Morgan fingerprint density at radius 2 is 2.14 bits per heavy atom. The first kappa shape index (κ1) is 11.0. The molecule has 0 saturated carbocycles. The average molecular weight is 200 g/mol. The van der Waals surface area contributed by atoms with Gasteiger partial charge in [0, 0.05) is 18.6 Å². The number of benzene rings is 1. The Balaban J connectivity index is 2.78. The highest BCUT2D eigenvalue weighted by Gasteiger charge is 2.16. The minimum Gasteiger partial charge on any atom is -0.467 e. The highest BCUT2D eigenvalue weighted by atomic mass is 19.1. The fourth-order valence-electron chi connectivity index (χ4n) is 0.934. The zero-order valence-electron chi connectivity index (χ0n) is 7.61. The lowest BCUT2D eigenvalue weighted by Crippen LogP contribution is -2.32. The summed E-state index contributed by atoms with van der Waals surface area (Å²) < 4.78 is 22.7. The van der Waals surface area contributed by atoms with E-state index in [0.717, 1.165) is 6.07 Å². The first-order chi connectivity index (χ1) is 6.65. The molecule has 0 aliphatic heterocycles. The zero-order chi connectivity index (χ0) is 10.6. The molecule has 0 unspecified atom stereocenters. The molecular formula is C8H10BFO4. The number of methoxy groups -OCH3 is 1. The first-order valence-electron chi connectivity index (χ1n) is 3.92. The van der Waals surface area contributed by atoms with E-state index < -0.39 is 12.9 Å². The Bertz CT molecular complexity index is 305. The third-order valence-electron chi connectivity index (χ3n) is 1.59. The SMILES string of the molecule is COCOc1ccc(B(O)O)c(F)c1. The molecule has 0 aliphatic carbocycles. The Labute approximate surface area is 81.0 Å². The van der Waals surface area contributed by atoms with Gasteiger partial charge in [0.1, 0.15) is 11.6 Å². The highest BCUT2D eigenvalue weighted by molar-refractivity contribution is 6.58. The summed E-state index contributed by atoms with van der Waals surface area (Å²) in [5.41, 5.74) is -0.185. The van der Waals surface area contributed by atoms with E-state index in [1.54, 1.807) is 0 Å². The van der Waals surface area contributed by atoms with Crippen molar-refractivity contribution >= 4 is 12.6 Å². The van der Waals surface area contributed by atoms with Crippen molar-refractivity contribution in [2.75, 3.05) is 13.9 Å². The van der Waals surface area contributed by atoms with E-state index in [4.69, 9.17) is 14.8 Å². The van der Waals surface area contributed by atoms with Crippen LogP contribution in [0.25, 0.3) is 0 Å². The summed E-state index contributed by atoms with van der Waals surface area (Å²) in [6.45, 7) is 0.0144. The van der Waals surface area contributed by atoms with Gasteiger partial charge in [-0.3, -0.25) is 0 Å². The summed E-state index contributed by atoms with van der Waals surface area (Å²) in [6, 6.07) is 3.73. The largest absolute Gasteiger partial charge is 0.491 e. The van der Waals surface area contributed by atoms with Gasteiger partial charge in [0.05, 0.1) is 0 Å². The molecule has 0 bridgehead atoms. The van der Waals surface area contributed by atoms with E-state index in [1.165, 1.54) is 19.2 Å². The van der Waals surface area contributed by atoms with Gasteiger partial charge in [0.15, 0.2) is 6.79 Å². The summed E-state index contributed by atoms with van der Waals surface area (Å²) in [4.78, 5) is 0. The van der Waals surface area contributed by atoms with Crippen LogP contribution in [-0.4, -0.2) is 31.1 Å². The number of ether oxygens (including phenoxy) is 2. The van der Waals surface area contributed by atoms with Gasteiger partial charge in [-0.1, -0.05) is 6.07 Å². The van der Waals surface area contributed by atoms with Crippen molar-refractivity contribution in [2.45, 2.75) is 0 Å². The van der Waals surface area contributed by atoms with E-state index >= 15 is 0 Å². The van der Waals surface area contributed by atoms with Crippen LogP contribution in [-0.2, 0) is 4.74 Å². The highest BCUT2D eigenvalue weighted by Crippen LogP contribution is 2.10. The fourth-order valence-corrected chi connectivity index (χ4v) is 0.934. The molecule has 0 fully saturated rings. The molecule has 1 aromatic rings. The molecule has 0 aromatic heterocycles. The predicted molar refractivity (Wildman–Crippen MR) is 48.7 cm³/mol. The van der Waals surface area contributed by atoms with Gasteiger partial charge < -0.3 is 19.5 Å². The molecule has 0 amide bonds. The second-order valence-corrected chi connectivity index (χ2v) is 2.61. The van der Waals surface area contributed by atoms with Crippen LogP contribution in [0, 0.1) is 5.82 Å². The second-order valence-electron chi connectivity index (χ2n) is 2.61. The van der Waals surface area contributed by atoms with Crippen LogP contribution in [0.4, 0.5) is 4.39 Å². The fraction of sp³-hybridized carbons (Fsp3) is 0.250. The monoisotopic (exact) mass is 200 g/mol. The molecule has 14 heavy (non-hydrogen) atoms. The summed E-state index contributed by atoms with van der Waals surface area (Å²) >= 11 is 0. The molecule has 1 aromatic carbocycles. The van der Waals surface area contributed by atoms with Crippen molar-refractivity contribution in [2.24, 2.45) is 0 Å². The van der Waals surface area contributed by atoms with Gasteiger partial charge >= 0.3 is 7.12 Å². The number of hydrogen-bond donors (Lipinski definition) is 2. The molecular weight excluding hydrogens is 190 g/mol. The lowest BCUT2D eigenvalue weighted by Gasteiger charge is -2.06. The Hall–Kier alpha value is -1.11. The number of rotatable bonds is 4. The number of hydrogen-bond acceptors (Lipinski definition) is 4. The maximum absolute atomic E-state index is 13.1. The van der Waals surface area contributed by atoms with Crippen LogP contribution in [0.1, 0.15) is 0 Å². The van der Waals surface area contributed by atoms with E-state index in [0.29, 0.717) is 0 Å². The van der Waals surface area contributed by atoms with Gasteiger partial charge in [-0.25, -0.2) is 4.39 Å². The Morgan fingerprint density at radius 3 is 2.64 bits per heavy atom. The van der Waals surface area contributed by atoms with Gasteiger partial charge in [-0.15, -0.1) is 0 Å². The van der Waals surface area contributed by atoms with Gasteiger partial charge in [0.2, 0.25) is 0 Å². The molecule has 0 saturated heterocycles. The molecule has 4 nitrogen and oxygen atoms in total. The summed E-state index contributed by atoms with van der Waals surface area (Å²) in [5, 5.41) is 17.4. The maximum atomic E-state index is 13.1. The van der Waals surface area contributed by atoms with Crippen molar-refractivity contribution in [1.29, 1.82) is 0 Å². The molecule has 2 N–H and O–H groups in total. The normalized spacial score (nSPS) is 10.0.